The minimum atomic E-state index is -0.857. The molecule has 0 aliphatic rings. The van der Waals surface area contributed by atoms with Gasteiger partial charge < -0.3 is 14.8 Å². The first-order valence-corrected chi connectivity index (χ1v) is 9.26. The molecule has 0 aromatic heterocycles. The molecule has 0 radical (unpaired) electrons. The molecule has 9 heteroatoms. The molecular weight excluding hydrogens is 356 g/mol. The van der Waals surface area contributed by atoms with Crippen molar-refractivity contribution in [2.45, 2.75) is 39.0 Å². The Balaban J connectivity index is 2.60. The van der Waals surface area contributed by atoms with Gasteiger partial charge in [0, 0.05) is 17.2 Å². The van der Waals surface area contributed by atoms with Crippen molar-refractivity contribution >= 4 is 23.8 Å². The molecule has 1 aromatic rings. The molecule has 0 saturated heterocycles. The van der Waals surface area contributed by atoms with Gasteiger partial charge in [0.1, 0.15) is 18.2 Å². The smallest absolute Gasteiger partial charge is 0.408 e. The van der Waals surface area contributed by atoms with Gasteiger partial charge in [0.2, 0.25) is 0 Å². The summed E-state index contributed by atoms with van der Waals surface area (Å²) in [5, 5.41) is 5.97. The van der Waals surface area contributed by atoms with Crippen LogP contribution in [0.2, 0.25) is 0 Å². The van der Waals surface area contributed by atoms with Crippen molar-refractivity contribution in [1.82, 2.24) is 5.32 Å². The zero-order chi connectivity index (χ0) is 19.4. The summed E-state index contributed by atoms with van der Waals surface area (Å²) in [5.74, 6) is 0.270. The minimum absolute atomic E-state index is 0.121. The van der Waals surface area contributed by atoms with E-state index >= 15 is 0 Å². The van der Waals surface area contributed by atoms with Crippen LogP contribution >= 0.6 is 11.8 Å². The summed E-state index contributed by atoms with van der Waals surface area (Å²) in [6.45, 7) is 5.65. The molecule has 0 saturated carbocycles. The number of rotatable bonds is 9. The van der Waals surface area contributed by atoms with E-state index in [0.29, 0.717) is 12.3 Å². The van der Waals surface area contributed by atoms with Gasteiger partial charge in [-0.05, 0) is 37.6 Å². The Kier molecular flexibility index (Phi) is 9.40. The van der Waals surface area contributed by atoms with Gasteiger partial charge in [0.05, 0.1) is 0 Å². The van der Waals surface area contributed by atoms with Crippen LogP contribution in [0, 0.1) is 0 Å². The van der Waals surface area contributed by atoms with Crippen molar-refractivity contribution in [2.24, 2.45) is 5.11 Å². The molecule has 26 heavy (non-hydrogen) atoms. The van der Waals surface area contributed by atoms with Crippen LogP contribution in [0.5, 0.6) is 0 Å². The van der Waals surface area contributed by atoms with E-state index in [1.807, 2.05) is 30.3 Å². The average Bonchev–Trinajstić information content (AvgIpc) is 2.57. The Morgan fingerprint density at radius 3 is 2.62 bits per heavy atom. The number of thioether (sulfide) groups is 1. The number of carbonyl (C=O) groups is 2. The SMILES string of the molecule is CC(C)(C)OC(=O)NC(CSCCN=[N+]=[N-])C(=O)OCc1ccccc1. The molecule has 8 nitrogen and oxygen atoms in total. The Morgan fingerprint density at radius 2 is 2.00 bits per heavy atom. The first kappa shape index (κ1) is 21.7. The van der Waals surface area contributed by atoms with E-state index < -0.39 is 23.7 Å². The molecule has 0 aliphatic heterocycles. The Hall–Kier alpha value is -2.38. The number of esters is 1. The van der Waals surface area contributed by atoms with Crippen molar-refractivity contribution in [3.8, 4) is 0 Å². The third kappa shape index (κ3) is 9.80. The number of hydrogen-bond donors (Lipinski definition) is 1. The second-order valence-corrected chi connectivity index (χ2v) is 7.47. The predicted molar refractivity (Wildman–Crippen MR) is 101 cm³/mol. The van der Waals surface area contributed by atoms with E-state index in [1.165, 1.54) is 11.8 Å². The van der Waals surface area contributed by atoms with E-state index in [9.17, 15) is 9.59 Å². The van der Waals surface area contributed by atoms with Gasteiger partial charge in [-0.15, -0.1) is 0 Å². The van der Waals surface area contributed by atoms with Gasteiger partial charge in [-0.3, -0.25) is 0 Å². The van der Waals surface area contributed by atoms with Crippen LogP contribution in [0.25, 0.3) is 10.4 Å². The zero-order valence-electron chi connectivity index (χ0n) is 15.2. The van der Waals surface area contributed by atoms with Crippen molar-refractivity contribution in [3.05, 3.63) is 46.3 Å². The summed E-state index contributed by atoms with van der Waals surface area (Å²) < 4.78 is 10.5. The van der Waals surface area contributed by atoms with Crippen LogP contribution in [0.4, 0.5) is 4.79 Å². The topological polar surface area (TPSA) is 113 Å². The summed E-state index contributed by atoms with van der Waals surface area (Å²) in [7, 11) is 0. The maximum absolute atomic E-state index is 12.3. The van der Waals surface area contributed by atoms with Crippen molar-refractivity contribution in [1.29, 1.82) is 0 Å². The fourth-order valence-electron chi connectivity index (χ4n) is 1.80. The number of ether oxygens (including phenoxy) is 2. The summed E-state index contributed by atoms with van der Waals surface area (Å²) in [5.41, 5.74) is 8.45. The number of benzene rings is 1. The summed E-state index contributed by atoms with van der Waals surface area (Å²) >= 11 is 1.38. The van der Waals surface area contributed by atoms with Gasteiger partial charge >= 0.3 is 12.1 Å². The monoisotopic (exact) mass is 380 g/mol. The first-order chi connectivity index (χ1) is 12.3. The summed E-state index contributed by atoms with van der Waals surface area (Å²) in [4.78, 5) is 27.0. The number of amides is 1. The van der Waals surface area contributed by atoms with Crippen LogP contribution in [0.1, 0.15) is 26.3 Å². The lowest BCUT2D eigenvalue weighted by Crippen LogP contribution is -2.45. The fraction of sp³-hybridized carbons (Fsp3) is 0.529. The van der Waals surface area contributed by atoms with Crippen LogP contribution in [-0.2, 0) is 20.9 Å². The second-order valence-electron chi connectivity index (χ2n) is 6.32. The molecule has 0 aliphatic carbocycles. The fourth-order valence-corrected chi connectivity index (χ4v) is 2.63. The maximum Gasteiger partial charge on any atom is 0.408 e. The zero-order valence-corrected chi connectivity index (χ0v) is 16.0. The summed E-state index contributed by atoms with van der Waals surface area (Å²) in [6, 6.07) is 8.41. The second kappa shape index (κ2) is 11.3. The van der Waals surface area contributed by atoms with Crippen molar-refractivity contribution in [3.63, 3.8) is 0 Å². The standard InChI is InChI=1S/C17H24N4O4S/c1-17(2,3)25-16(23)20-14(12-26-10-9-19-21-18)15(22)24-11-13-7-5-4-6-8-13/h4-8,14H,9-12H2,1-3H3,(H,20,23). The lowest BCUT2D eigenvalue weighted by molar-refractivity contribution is -0.146. The highest BCUT2D eigenvalue weighted by Gasteiger charge is 2.25. The highest BCUT2D eigenvalue weighted by atomic mass is 32.2. The normalized spacial score (nSPS) is 11.8. The van der Waals surface area contributed by atoms with E-state index in [0.717, 1.165) is 5.56 Å². The van der Waals surface area contributed by atoms with E-state index in [1.54, 1.807) is 20.8 Å². The molecule has 1 amide bonds. The van der Waals surface area contributed by atoms with Gasteiger partial charge in [0.25, 0.3) is 0 Å². The number of nitrogens with one attached hydrogen (secondary N) is 1. The molecule has 0 heterocycles. The molecule has 1 aromatic carbocycles. The van der Waals surface area contributed by atoms with Gasteiger partial charge in [-0.25, -0.2) is 9.59 Å². The van der Waals surface area contributed by atoms with Crippen LogP contribution < -0.4 is 5.32 Å². The predicted octanol–water partition coefficient (Wildman–Crippen LogP) is 3.67. The third-order valence-electron chi connectivity index (χ3n) is 2.88. The number of carbonyl (C=O) groups excluding carboxylic acids is 2. The van der Waals surface area contributed by atoms with Crippen molar-refractivity contribution in [2.75, 3.05) is 18.1 Å². The van der Waals surface area contributed by atoms with Gasteiger partial charge in [-0.1, -0.05) is 35.4 Å². The number of alkyl carbamates (subject to hydrolysis) is 1. The molecule has 1 unspecified atom stereocenters. The van der Waals surface area contributed by atoms with Crippen LogP contribution in [0.15, 0.2) is 35.4 Å². The van der Waals surface area contributed by atoms with E-state index in [-0.39, 0.29) is 12.4 Å². The van der Waals surface area contributed by atoms with Crippen molar-refractivity contribution < 1.29 is 19.1 Å². The minimum Gasteiger partial charge on any atom is -0.459 e. The van der Waals surface area contributed by atoms with Gasteiger partial charge in [-0.2, -0.15) is 11.8 Å². The molecule has 0 bridgehead atoms. The Bertz CT molecular complexity index is 627. The number of hydrogen-bond acceptors (Lipinski definition) is 6. The maximum atomic E-state index is 12.3. The molecular formula is C17H24N4O4S. The van der Waals surface area contributed by atoms with E-state index in [2.05, 4.69) is 15.3 Å². The Morgan fingerprint density at radius 1 is 1.31 bits per heavy atom. The summed E-state index contributed by atoms with van der Waals surface area (Å²) in [6.07, 6.45) is -0.685. The van der Waals surface area contributed by atoms with Crippen LogP contribution in [0.3, 0.4) is 0 Å². The van der Waals surface area contributed by atoms with Crippen LogP contribution in [-0.4, -0.2) is 41.8 Å². The molecule has 1 atom stereocenters. The lowest BCUT2D eigenvalue weighted by atomic mass is 10.2. The van der Waals surface area contributed by atoms with E-state index in [4.69, 9.17) is 15.0 Å². The third-order valence-corrected chi connectivity index (χ3v) is 3.92. The highest BCUT2D eigenvalue weighted by molar-refractivity contribution is 7.99. The Labute approximate surface area is 157 Å². The molecule has 1 rings (SSSR count). The molecule has 0 fully saturated rings. The largest absolute Gasteiger partial charge is 0.459 e. The molecule has 0 spiro atoms. The molecule has 1 N–H and O–H groups in total. The first-order valence-electron chi connectivity index (χ1n) is 8.10. The average molecular weight is 380 g/mol. The highest BCUT2D eigenvalue weighted by Crippen LogP contribution is 2.10. The van der Waals surface area contributed by atoms with Gasteiger partial charge in [0.15, 0.2) is 0 Å². The molecule has 142 valence electrons. The number of azide groups is 1. The number of nitrogens with zero attached hydrogens (tertiary/aromatic N) is 3. The lowest BCUT2D eigenvalue weighted by Gasteiger charge is -2.22. The quantitative estimate of drug-likeness (QED) is 0.231.